The van der Waals surface area contributed by atoms with Gasteiger partial charge >= 0.3 is 17.9 Å². The van der Waals surface area contributed by atoms with Crippen LogP contribution < -0.4 is 0 Å². The van der Waals surface area contributed by atoms with E-state index < -0.39 is 6.10 Å². The fraction of sp³-hybridized carbons (Fsp3) is 0.757. The van der Waals surface area contributed by atoms with Crippen LogP contribution >= 0.6 is 0 Å². The van der Waals surface area contributed by atoms with E-state index in [0.717, 1.165) is 122 Å². The molecular weight excluding hydrogens is 937 g/mol. The fourth-order valence-corrected chi connectivity index (χ4v) is 9.31. The van der Waals surface area contributed by atoms with Crippen LogP contribution in [0.3, 0.4) is 0 Å². The standard InChI is InChI=1S/C70H122O6/c1-4-7-10-13-16-19-22-25-27-29-31-32-33-34-35-36-37-38-40-41-43-45-48-51-54-57-60-63-69(72)75-66-67(65-74-68(71)62-59-56-53-50-47-24-21-18-15-12-9-6-3)76-70(73)64-61-58-55-52-49-46-44-42-39-30-28-26-23-20-17-14-11-8-5-2/h7,10,16,19,25,27,31-32,34-35,37-38,41,43,67H,4-6,8-9,11-15,17-18,20-24,26,28-30,33,36,39-40,42,44-66H2,1-3H3/b10-7-,19-16-,27-25-,32-31-,35-34-,38-37-,43-41-. The average molecular weight is 1060 g/mol. The van der Waals surface area contributed by atoms with Gasteiger partial charge in [0.2, 0.25) is 0 Å². The van der Waals surface area contributed by atoms with Crippen molar-refractivity contribution in [3.05, 3.63) is 85.1 Å². The Morgan fingerprint density at radius 2 is 0.513 bits per heavy atom. The highest BCUT2D eigenvalue weighted by Crippen LogP contribution is 2.17. The van der Waals surface area contributed by atoms with E-state index in [1.807, 2.05) is 0 Å². The van der Waals surface area contributed by atoms with E-state index in [2.05, 4.69) is 106 Å². The van der Waals surface area contributed by atoms with Crippen molar-refractivity contribution in [2.24, 2.45) is 0 Å². The molecule has 0 saturated carbocycles. The minimum Gasteiger partial charge on any atom is -0.462 e. The molecule has 0 aromatic heterocycles. The molecule has 0 bridgehead atoms. The van der Waals surface area contributed by atoms with Crippen molar-refractivity contribution >= 4 is 17.9 Å². The van der Waals surface area contributed by atoms with Crippen LogP contribution in [0, 0.1) is 0 Å². The van der Waals surface area contributed by atoms with Crippen LogP contribution in [-0.4, -0.2) is 37.2 Å². The molecule has 0 fully saturated rings. The second-order valence-corrected chi connectivity index (χ2v) is 21.7. The van der Waals surface area contributed by atoms with Crippen LogP contribution in [0.4, 0.5) is 0 Å². The van der Waals surface area contributed by atoms with Crippen LogP contribution in [0.1, 0.15) is 323 Å². The van der Waals surface area contributed by atoms with Crippen LogP contribution in [0.15, 0.2) is 85.1 Å². The summed E-state index contributed by atoms with van der Waals surface area (Å²) in [5.74, 6) is -0.882. The summed E-state index contributed by atoms with van der Waals surface area (Å²) in [5.41, 5.74) is 0. The molecule has 0 aliphatic heterocycles. The molecule has 0 radical (unpaired) electrons. The highest BCUT2D eigenvalue weighted by Gasteiger charge is 2.19. The minimum atomic E-state index is -0.782. The Kier molecular flexibility index (Phi) is 61.2. The molecule has 0 spiro atoms. The molecule has 0 aliphatic carbocycles. The van der Waals surface area contributed by atoms with Gasteiger partial charge in [0.1, 0.15) is 13.2 Å². The Labute approximate surface area is 471 Å². The summed E-state index contributed by atoms with van der Waals surface area (Å²) in [5, 5.41) is 0. The molecular formula is C70H122O6. The second kappa shape index (κ2) is 64.1. The predicted octanol–water partition coefficient (Wildman–Crippen LogP) is 22.3. The number of hydrogen-bond acceptors (Lipinski definition) is 6. The Morgan fingerprint density at radius 1 is 0.276 bits per heavy atom. The van der Waals surface area contributed by atoms with Gasteiger partial charge in [-0.2, -0.15) is 0 Å². The van der Waals surface area contributed by atoms with E-state index in [1.165, 1.54) is 161 Å². The van der Waals surface area contributed by atoms with Crippen molar-refractivity contribution in [2.75, 3.05) is 13.2 Å². The van der Waals surface area contributed by atoms with Gasteiger partial charge in [0.25, 0.3) is 0 Å². The molecule has 1 atom stereocenters. The van der Waals surface area contributed by atoms with E-state index in [9.17, 15) is 14.4 Å². The van der Waals surface area contributed by atoms with Crippen molar-refractivity contribution in [2.45, 2.75) is 329 Å². The first kappa shape index (κ1) is 72.6. The fourth-order valence-electron chi connectivity index (χ4n) is 9.31. The Hall–Kier alpha value is -3.41. The van der Waals surface area contributed by atoms with Crippen molar-refractivity contribution < 1.29 is 28.6 Å². The maximum absolute atomic E-state index is 12.9. The summed E-state index contributed by atoms with van der Waals surface area (Å²) >= 11 is 0. The molecule has 0 aliphatic rings. The third-order valence-corrected chi connectivity index (χ3v) is 14.2. The van der Waals surface area contributed by atoms with Gasteiger partial charge in [-0.1, -0.05) is 311 Å². The largest absolute Gasteiger partial charge is 0.462 e. The first-order chi connectivity index (χ1) is 37.5. The summed E-state index contributed by atoms with van der Waals surface area (Å²) in [6.45, 7) is 6.55. The molecule has 0 aromatic carbocycles. The zero-order valence-corrected chi connectivity index (χ0v) is 50.3. The van der Waals surface area contributed by atoms with E-state index >= 15 is 0 Å². The number of hydrogen-bond donors (Lipinski definition) is 0. The summed E-state index contributed by atoms with van der Waals surface area (Å²) in [7, 11) is 0. The van der Waals surface area contributed by atoms with Gasteiger partial charge in [-0.05, 0) is 77.0 Å². The molecule has 438 valence electrons. The molecule has 0 saturated heterocycles. The summed E-state index contributed by atoms with van der Waals surface area (Å²) in [6.07, 6.45) is 84.5. The van der Waals surface area contributed by atoms with E-state index in [-0.39, 0.29) is 31.1 Å². The van der Waals surface area contributed by atoms with Crippen LogP contribution in [0.2, 0.25) is 0 Å². The monoisotopic (exact) mass is 1060 g/mol. The molecule has 76 heavy (non-hydrogen) atoms. The Morgan fingerprint density at radius 3 is 0.803 bits per heavy atom. The SMILES string of the molecule is CC/C=C\C/C=C\C/C=C\C/C=C\C/C=C\C/C=C\C/C=C\CCCCCCCC(=O)OCC(COC(=O)CCCCCCCCCCCCCC)OC(=O)CCCCCCCCCCCCCCCCCCCCC. The molecule has 0 amide bonds. The molecule has 6 nitrogen and oxygen atoms in total. The third kappa shape index (κ3) is 61.4. The lowest BCUT2D eigenvalue weighted by Gasteiger charge is -2.18. The molecule has 6 heteroatoms. The van der Waals surface area contributed by atoms with Crippen LogP contribution in [0.25, 0.3) is 0 Å². The number of rotatable bonds is 59. The first-order valence-electron chi connectivity index (χ1n) is 32.6. The highest BCUT2D eigenvalue weighted by molar-refractivity contribution is 5.71. The van der Waals surface area contributed by atoms with Crippen molar-refractivity contribution in [3.63, 3.8) is 0 Å². The maximum Gasteiger partial charge on any atom is 0.306 e. The topological polar surface area (TPSA) is 78.9 Å². The number of ether oxygens (including phenoxy) is 3. The van der Waals surface area contributed by atoms with Gasteiger partial charge in [-0.3, -0.25) is 14.4 Å². The molecule has 0 N–H and O–H groups in total. The van der Waals surface area contributed by atoms with Gasteiger partial charge in [-0.15, -0.1) is 0 Å². The zero-order valence-electron chi connectivity index (χ0n) is 50.3. The van der Waals surface area contributed by atoms with Gasteiger partial charge in [0.15, 0.2) is 6.10 Å². The summed E-state index contributed by atoms with van der Waals surface area (Å²) < 4.78 is 16.9. The second-order valence-electron chi connectivity index (χ2n) is 21.7. The van der Waals surface area contributed by atoms with Crippen LogP contribution in [-0.2, 0) is 28.6 Å². The Balaban J connectivity index is 4.33. The van der Waals surface area contributed by atoms with Crippen LogP contribution in [0.5, 0.6) is 0 Å². The molecule has 1 unspecified atom stereocenters. The number of allylic oxidation sites excluding steroid dienone is 14. The number of unbranched alkanes of at least 4 members (excludes halogenated alkanes) is 34. The predicted molar refractivity (Wildman–Crippen MR) is 330 cm³/mol. The number of carbonyl (C=O) groups is 3. The van der Waals surface area contributed by atoms with Crippen molar-refractivity contribution in [1.29, 1.82) is 0 Å². The van der Waals surface area contributed by atoms with Crippen molar-refractivity contribution in [3.8, 4) is 0 Å². The smallest absolute Gasteiger partial charge is 0.306 e. The lowest BCUT2D eigenvalue weighted by Crippen LogP contribution is -2.30. The van der Waals surface area contributed by atoms with E-state index in [0.29, 0.717) is 19.3 Å². The van der Waals surface area contributed by atoms with Gasteiger partial charge < -0.3 is 14.2 Å². The maximum atomic E-state index is 12.9. The van der Waals surface area contributed by atoms with E-state index in [1.54, 1.807) is 0 Å². The average Bonchev–Trinajstić information content (AvgIpc) is 3.42. The highest BCUT2D eigenvalue weighted by atomic mass is 16.6. The first-order valence-corrected chi connectivity index (χ1v) is 32.6. The summed E-state index contributed by atoms with van der Waals surface area (Å²) in [4.78, 5) is 38.3. The van der Waals surface area contributed by atoms with E-state index in [4.69, 9.17) is 14.2 Å². The molecule has 0 rings (SSSR count). The quantitative estimate of drug-likeness (QED) is 0.0261. The van der Waals surface area contributed by atoms with Crippen molar-refractivity contribution in [1.82, 2.24) is 0 Å². The molecule has 0 heterocycles. The minimum absolute atomic E-state index is 0.0782. The number of esters is 3. The number of carbonyl (C=O) groups excluding carboxylic acids is 3. The lowest BCUT2D eigenvalue weighted by molar-refractivity contribution is -0.167. The molecule has 0 aromatic rings. The lowest BCUT2D eigenvalue weighted by atomic mass is 10.0. The zero-order chi connectivity index (χ0) is 55.0. The summed E-state index contributed by atoms with van der Waals surface area (Å²) in [6, 6.07) is 0. The third-order valence-electron chi connectivity index (χ3n) is 14.2. The van der Waals surface area contributed by atoms with Gasteiger partial charge in [-0.25, -0.2) is 0 Å². The van der Waals surface area contributed by atoms with Gasteiger partial charge in [0, 0.05) is 19.3 Å². The van der Waals surface area contributed by atoms with Gasteiger partial charge in [0.05, 0.1) is 0 Å². The Bertz CT molecular complexity index is 1450. The normalized spacial score (nSPS) is 12.6.